The third kappa shape index (κ3) is 10.3. The number of rotatable bonds is 8. The summed E-state index contributed by atoms with van der Waals surface area (Å²) >= 11 is 0. The number of nitrogens with one attached hydrogen (secondary N) is 1. The minimum atomic E-state index is -4.88. The molecule has 0 radical (unpaired) electrons. The van der Waals surface area contributed by atoms with Crippen LogP contribution in [0.5, 0.6) is 0 Å². The smallest absolute Gasteiger partial charge is 0.383 e. The molecule has 16 heteroatoms. The van der Waals surface area contributed by atoms with Crippen molar-refractivity contribution in [3.63, 3.8) is 0 Å². The third-order valence-electron chi connectivity index (χ3n) is 4.82. The van der Waals surface area contributed by atoms with Gasteiger partial charge in [0.15, 0.2) is 0 Å². The lowest BCUT2D eigenvalue weighted by Crippen LogP contribution is -2.12. The van der Waals surface area contributed by atoms with Gasteiger partial charge in [-0.05, 0) is 61.6 Å². The van der Waals surface area contributed by atoms with Gasteiger partial charge in [-0.2, -0.15) is 26.8 Å². The van der Waals surface area contributed by atoms with Gasteiger partial charge in [-0.1, -0.05) is 18.2 Å². The molecule has 13 nitrogen and oxygen atoms in total. The number of carbonyl (C=O) groups excluding carboxylic acids is 1. The van der Waals surface area contributed by atoms with Crippen molar-refractivity contribution in [2.24, 2.45) is 0 Å². The van der Waals surface area contributed by atoms with E-state index in [0.29, 0.717) is 29.3 Å². The molecule has 0 bridgehead atoms. The molecule has 0 saturated heterocycles. The van der Waals surface area contributed by atoms with Crippen molar-refractivity contribution >= 4 is 49.8 Å². The fourth-order valence-electron chi connectivity index (χ4n) is 3.17. The average molecular weight is 557 g/mol. The van der Waals surface area contributed by atoms with Gasteiger partial charge in [-0.3, -0.25) is 13.9 Å². The summed E-state index contributed by atoms with van der Waals surface area (Å²) in [6, 6.07) is 12.0. The number of benzene rings is 2. The van der Waals surface area contributed by atoms with Crippen LogP contribution in [0.15, 0.2) is 53.4 Å². The predicted octanol–water partition coefficient (Wildman–Crippen LogP) is 2.05. The van der Waals surface area contributed by atoms with Crippen molar-refractivity contribution < 1.29 is 34.6 Å². The van der Waals surface area contributed by atoms with E-state index in [-0.39, 0.29) is 11.5 Å². The Balaban J connectivity index is 0.000000877. The van der Waals surface area contributed by atoms with Gasteiger partial charge < -0.3 is 22.5 Å². The number of nitrogens with zero attached hydrogens (tertiary/aromatic N) is 2. The van der Waals surface area contributed by atoms with Gasteiger partial charge in [0.05, 0.1) is 4.90 Å². The van der Waals surface area contributed by atoms with Gasteiger partial charge in [0, 0.05) is 16.8 Å². The topological polar surface area (TPSA) is 242 Å². The van der Waals surface area contributed by atoms with Gasteiger partial charge in [0.2, 0.25) is 5.95 Å². The summed E-state index contributed by atoms with van der Waals surface area (Å²) in [6.45, 7) is 0. The molecule has 0 saturated carbocycles. The Morgan fingerprint density at radius 2 is 1.43 bits per heavy atom. The van der Waals surface area contributed by atoms with E-state index in [1.54, 1.807) is 12.1 Å². The summed E-state index contributed by atoms with van der Waals surface area (Å²) < 4.78 is 66.7. The van der Waals surface area contributed by atoms with E-state index in [4.69, 9.17) is 34.7 Å². The Labute approximate surface area is 212 Å². The van der Waals surface area contributed by atoms with E-state index in [0.717, 1.165) is 37.0 Å². The Kier molecular flexibility index (Phi) is 9.84. The number of nitrogens with two attached hydrogens (primary N) is 3. The van der Waals surface area contributed by atoms with Crippen molar-refractivity contribution in [2.75, 3.05) is 22.5 Å². The molecule has 3 aromatic rings. The molecule has 2 aromatic carbocycles. The van der Waals surface area contributed by atoms with Gasteiger partial charge in [0.1, 0.15) is 11.6 Å². The van der Waals surface area contributed by atoms with E-state index in [1.165, 1.54) is 12.1 Å². The number of hydrogen-bond acceptors (Lipinski definition) is 10. The molecule has 0 atom stereocenters. The first-order valence-electron chi connectivity index (χ1n) is 10.5. The molecular weight excluding hydrogens is 531 g/mol. The maximum Gasteiger partial charge on any atom is 0.394 e. The summed E-state index contributed by atoms with van der Waals surface area (Å²) in [5.41, 5.74) is 19.6. The second-order valence-electron chi connectivity index (χ2n) is 7.60. The van der Waals surface area contributed by atoms with Crippen LogP contribution in [0.2, 0.25) is 0 Å². The van der Waals surface area contributed by atoms with Crippen LogP contribution in [-0.2, 0) is 33.5 Å². The van der Waals surface area contributed by atoms with Crippen LogP contribution in [0, 0.1) is 0 Å². The lowest BCUT2D eigenvalue weighted by atomic mass is 10.0. The van der Waals surface area contributed by atoms with Crippen molar-refractivity contribution in [2.45, 2.75) is 30.6 Å². The van der Waals surface area contributed by atoms with Gasteiger partial charge in [-0.25, -0.2) is 0 Å². The monoisotopic (exact) mass is 556 g/mol. The van der Waals surface area contributed by atoms with Crippen LogP contribution in [0.1, 0.15) is 34.3 Å². The number of halogens is 1. The second kappa shape index (κ2) is 12.4. The molecule has 3 rings (SSSR count). The number of unbranched alkanes of at least 4 members (excludes halogenated alkanes) is 1. The Morgan fingerprint density at radius 3 is 1.97 bits per heavy atom. The Bertz CT molecular complexity index is 1440. The zero-order chi connectivity index (χ0) is 27.8. The Hall–Kier alpha value is -3.86. The van der Waals surface area contributed by atoms with Gasteiger partial charge >= 0.3 is 20.6 Å². The number of aryl methyl sites for hydroxylation is 1. The SMILES string of the molecule is Nc1nc(N)c(CCCCc2ccc(NC(=O)c3cccc(S(=O)(=O)F)c3)cc2)c(N)n1.O=S(=O)(O)O. The Morgan fingerprint density at radius 1 is 0.892 bits per heavy atom. The minimum Gasteiger partial charge on any atom is -0.383 e. The van der Waals surface area contributed by atoms with Crippen LogP contribution in [0.25, 0.3) is 0 Å². The maximum atomic E-state index is 13.1. The summed E-state index contributed by atoms with van der Waals surface area (Å²) in [4.78, 5) is 19.6. The van der Waals surface area contributed by atoms with Crippen molar-refractivity contribution in [3.8, 4) is 0 Å². The lowest BCUT2D eigenvalue weighted by molar-refractivity contribution is 0.102. The number of anilines is 4. The van der Waals surface area contributed by atoms with E-state index in [1.807, 2.05) is 12.1 Å². The van der Waals surface area contributed by atoms with Crippen LogP contribution in [0.4, 0.5) is 27.2 Å². The summed E-state index contributed by atoms with van der Waals surface area (Å²) in [7, 11) is -9.55. The van der Waals surface area contributed by atoms with Crippen LogP contribution >= 0.6 is 0 Å². The van der Waals surface area contributed by atoms with Crippen LogP contribution in [0.3, 0.4) is 0 Å². The highest BCUT2D eigenvalue weighted by molar-refractivity contribution is 7.86. The van der Waals surface area contributed by atoms with E-state index in [9.17, 15) is 17.1 Å². The average Bonchev–Trinajstić information content (AvgIpc) is 2.77. The van der Waals surface area contributed by atoms with Crippen molar-refractivity contribution in [1.82, 2.24) is 9.97 Å². The van der Waals surface area contributed by atoms with Gasteiger partial charge in [-0.15, -0.1) is 3.89 Å². The highest BCUT2D eigenvalue weighted by Crippen LogP contribution is 2.20. The highest BCUT2D eigenvalue weighted by atomic mass is 32.3. The molecule has 1 amide bonds. The molecule has 1 aromatic heterocycles. The van der Waals surface area contributed by atoms with E-state index >= 15 is 0 Å². The summed E-state index contributed by atoms with van der Waals surface area (Å²) in [5.74, 6) is 0.106. The summed E-state index contributed by atoms with van der Waals surface area (Å²) in [6.07, 6.45) is 3.15. The minimum absolute atomic E-state index is 0.0398. The number of aromatic nitrogens is 2. The first-order chi connectivity index (χ1) is 17.1. The highest BCUT2D eigenvalue weighted by Gasteiger charge is 2.15. The van der Waals surface area contributed by atoms with Crippen molar-refractivity contribution in [1.29, 1.82) is 0 Å². The zero-order valence-corrected chi connectivity index (χ0v) is 20.8. The van der Waals surface area contributed by atoms with Crippen LogP contribution in [-0.4, -0.2) is 41.8 Å². The first kappa shape index (κ1) is 29.4. The molecule has 37 heavy (non-hydrogen) atoms. The fraction of sp³-hybridized carbons (Fsp3) is 0.190. The van der Waals surface area contributed by atoms with E-state index in [2.05, 4.69) is 15.3 Å². The first-order valence-corrected chi connectivity index (χ1v) is 13.2. The molecule has 200 valence electrons. The van der Waals surface area contributed by atoms with Crippen LogP contribution < -0.4 is 22.5 Å². The molecular formula is C21H25FN6O7S2. The molecule has 0 aliphatic rings. The second-order valence-corrected chi connectivity index (χ2v) is 9.85. The van der Waals surface area contributed by atoms with Crippen molar-refractivity contribution in [3.05, 3.63) is 65.2 Å². The maximum absolute atomic E-state index is 13.1. The molecule has 0 unspecified atom stereocenters. The quantitative estimate of drug-likeness (QED) is 0.133. The number of amides is 1. The molecule has 0 aliphatic carbocycles. The number of nitrogen functional groups attached to an aromatic ring is 3. The molecule has 0 spiro atoms. The largest absolute Gasteiger partial charge is 0.394 e. The number of hydrogen-bond donors (Lipinski definition) is 6. The standard InChI is InChI=1S/C21H23FN6O3S.H2O4S/c22-32(30,31)16-6-3-5-14(12-16)20(29)26-15-10-8-13(9-11-15)4-1-2-7-17-18(23)27-21(25)28-19(17)24;1-5(2,3)4/h3,5-6,8-12H,1-2,4,7H2,(H,26,29)(H6,23,24,25,27,28);(H2,1,2,3,4). The fourth-order valence-corrected chi connectivity index (χ4v) is 3.68. The molecule has 1 heterocycles. The lowest BCUT2D eigenvalue weighted by Gasteiger charge is -2.09. The molecule has 0 fully saturated rings. The number of carbonyl (C=O) groups is 1. The van der Waals surface area contributed by atoms with Gasteiger partial charge in [0.25, 0.3) is 5.91 Å². The molecule has 9 N–H and O–H groups in total. The third-order valence-corrected chi connectivity index (χ3v) is 5.64. The zero-order valence-electron chi connectivity index (χ0n) is 19.2. The predicted molar refractivity (Wildman–Crippen MR) is 135 cm³/mol. The van der Waals surface area contributed by atoms with E-state index < -0.39 is 31.4 Å². The molecule has 0 aliphatic heterocycles. The normalized spacial score (nSPS) is 11.3. The summed E-state index contributed by atoms with van der Waals surface area (Å²) in [5, 5.41) is 2.66.